The zero-order valence-electron chi connectivity index (χ0n) is 11.8. The van der Waals surface area contributed by atoms with E-state index < -0.39 is 24.5 Å². The minimum atomic E-state index is -1.43. The van der Waals surface area contributed by atoms with E-state index in [0.717, 1.165) is 10.5 Å². The number of amides is 1. The molecule has 1 atom stereocenters. The van der Waals surface area contributed by atoms with E-state index in [4.69, 9.17) is 5.11 Å². The fraction of sp³-hybridized carbons (Fsp3) is 0.188. The van der Waals surface area contributed by atoms with Gasteiger partial charge < -0.3 is 15.1 Å². The van der Waals surface area contributed by atoms with Crippen molar-refractivity contribution < 1.29 is 19.8 Å². The maximum absolute atomic E-state index is 12.4. The Morgan fingerprint density at radius 1 is 1.14 bits per heavy atom. The quantitative estimate of drug-likeness (QED) is 0.837. The molecule has 1 unspecified atom stereocenters. The fourth-order valence-corrected chi connectivity index (χ4v) is 2.03. The van der Waals surface area contributed by atoms with Gasteiger partial charge in [0.1, 0.15) is 6.54 Å². The van der Waals surface area contributed by atoms with Gasteiger partial charge in [0, 0.05) is 24.5 Å². The molecule has 0 aliphatic heterocycles. The number of aromatic nitrogens is 1. The molecule has 2 aromatic rings. The van der Waals surface area contributed by atoms with Crippen LogP contribution in [-0.2, 0) is 16.1 Å². The third-order valence-corrected chi connectivity index (χ3v) is 3.09. The van der Waals surface area contributed by atoms with Crippen molar-refractivity contribution in [1.82, 2.24) is 9.88 Å². The molecule has 0 bridgehead atoms. The molecule has 1 amide bonds. The van der Waals surface area contributed by atoms with Crippen LogP contribution in [0.3, 0.4) is 0 Å². The van der Waals surface area contributed by atoms with Crippen LogP contribution in [0.5, 0.6) is 0 Å². The van der Waals surface area contributed by atoms with Gasteiger partial charge in [0.25, 0.3) is 5.91 Å². The molecule has 0 aliphatic carbocycles. The highest BCUT2D eigenvalue weighted by atomic mass is 16.4. The second-order valence-electron chi connectivity index (χ2n) is 4.76. The molecule has 0 radical (unpaired) electrons. The average molecular weight is 300 g/mol. The van der Waals surface area contributed by atoms with Crippen LogP contribution in [0.2, 0.25) is 0 Å². The first-order valence-electron chi connectivity index (χ1n) is 6.70. The molecule has 2 N–H and O–H groups in total. The van der Waals surface area contributed by atoms with Gasteiger partial charge >= 0.3 is 5.97 Å². The number of pyridine rings is 1. The number of carbonyl (C=O) groups is 2. The molecule has 6 heteroatoms. The van der Waals surface area contributed by atoms with Crippen molar-refractivity contribution in [1.29, 1.82) is 0 Å². The van der Waals surface area contributed by atoms with Crippen LogP contribution in [0.1, 0.15) is 17.2 Å². The maximum atomic E-state index is 12.4. The van der Waals surface area contributed by atoms with E-state index >= 15 is 0 Å². The van der Waals surface area contributed by atoms with Crippen molar-refractivity contribution in [3.8, 4) is 0 Å². The second-order valence-corrected chi connectivity index (χ2v) is 4.76. The smallest absolute Gasteiger partial charge is 0.323 e. The molecule has 0 aliphatic rings. The van der Waals surface area contributed by atoms with E-state index in [2.05, 4.69) is 4.98 Å². The SMILES string of the molecule is O=C(O)CN(Cc1ccccc1)C(=O)C(O)c1cccnc1. The average Bonchev–Trinajstić information content (AvgIpc) is 2.54. The Morgan fingerprint density at radius 2 is 1.86 bits per heavy atom. The normalized spacial score (nSPS) is 11.7. The number of aliphatic carboxylic acids is 1. The third kappa shape index (κ3) is 4.13. The van der Waals surface area contributed by atoms with Crippen LogP contribution in [0.15, 0.2) is 54.9 Å². The summed E-state index contributed by atoms with van der Waals surface area (Å²) < 4.78 is 0. The molecular weight excluding hydrogens is 284 g/mol. The number of benzene rings is 1. The summed E-state index contributed by atoms with van der Waals surface area (Å²) in [7, 11) is 0. The number of rotatable bonds is 6. The Hall–Kier alpha value is -2.73. The molecule has 1 aromatic heterocycles. The van der Waals surface area contributed by atoms with Gasteiger partial charge in [-0.15, -0.1) is 0 Å². The zero-order chi connectivity index (χ0) is 15.9. The van der Waals surface area contributed by atoms with E-state index in [1.54, 1.807) is 36.4 Å². The molecule has 0 fully saturated rings. The summed E-state index contributed by atoms with van der Waals surface area (Å²) in [4.78, 5) is 28.3. The predicted octanol–water partition coefficient (Wildman–Crippen LogP) is 1.23. The molecular formula is C16H16N2O4. The van der Waals surface area contributed by atoms with Gasteiger partial charge in [-0.1, -0.05) is 36.4 Å². The number of carboxylic acids is 1. The minimum Gasteiger partial charge on any atom is -0.480 e. The highest BCUT2D eigenvalue weighted by Gasteiger charge is 2.25. The summed E-state index contributed by atoms with van der Waals surface area (Å²) in [6, 6.07) is 12.2. The standard InChI is InChI=1S/C16H16N2O4/c19-14(20)11-18(10-12-5-2-1-3-6-12)16(22)15(21)13-7-4-8-17-9-13/h1-9,15,21H,10-11H2,(H,19,20). The molecule has 1 heterocycles. The summed E-state index contributed by atoms with van der Waals surface area (Å²) in [5.74, 6) is -1.80. The summed E-state index contributed by atoms with van der Waals surface area (Å²) in [6.45, 7) is -0.367. The van der Waals surface area contributed by atoms with Crippen molar-refractivity contribution in [3.05, 3.63) is 66.0 Å². The second kappa shape index (κ2) is 7.33. The molecule has 114 valence electrons. The summed E-state index contributed by atoms with van der Waals surface area (Å²) in [6.07, 6.45) is 1.47. The highest BCUT2D eigenvalue weighted by Crippen LogP contribution is 2.16. The number of hydrogen-bond donors (Lipinski definition) is 2. The molecule has 0 saturated carbocycles. The van der Waals surface area contributed by atoms with E-state index in [1.807, 2.05) is 6.07 Å². The van der Waals surface area contributed by atoms with Crippen molar-refractivity contribution in [2.45, 2.75) is 12.6 Å². The first-order valence-corrected chi connectivity index (χ1v) is 6.70. The Kier molecular flexibility index (Phi) is 5.21. The van der Waals surface area contributed by atoms with Gasteiger partial charge in [-0.2, -0.15) is 0 Å². The van der Waals surface area contributed by atoms with Crippen molar-refractivity contribution in [3.63, 3.8) is 0 Å². The lowest BCUT2D eigenvalue weighted by atomic mass is 10.1. The first kappa shape index (κ1) is 15.7. The lowest BCUT2D eigenvalue weighted by molar-refractivity contribution is -0.149. The van der Waals surface area contributed by atoms with Gasteiger partial charge in [-0.3, -0.25) is 14.6 Å². The topological polar surface area (TPSA) is 90.7 Å². The van der Waals surface area contributed by atoms with Crippen LogP contribution in [0.25, 0.3) is 0 Å². The monoisotopic (exact) mass is 300 g/mol. The van der Waals surface area contributed by atoms with E-state index in [0.29, 0.717) is 5.56 Å². The predicted molar refractivity (Wildman–Crippen MR) is 78.7 cm³/mol. The van der Waals surface area contributed by atoms with Crippen LogP contribution >= 0.6 is 0 Å². The van der Waals surface area contributed by atoms with Crippen LogP contribution in [0.4, 0.5) is 0 Å². The number of nitrogens with zero attached hydrogens (tertiary/aromatic N) is 2. The van der Waals surface area contributed by atoms with Crippen molar-refractivity contribution >= 4 is 11.9 Å². The molecule has 0 saturated heterocycles. The Labute approximate surface area is 127 Å². The number of hydrogen-bond acceptors (Lipinski definition) is 4. The molecule has 6 nitrogen and oxygen atoms in total. The zero-order valence-corrected chi connectivity index (χ0v) is 11.8. The Balaban J connectivity index is 2.17. The number of carboxylic acid groups (broad SMARTS) is 1. The van der Waals surface area contributed by atoms with Gasteiger partial charge in [0.05, 0.1) is 0 Å². The lowest BCUT2D eigenvalue weighted by Crippen LogP contribution is -2.38. The number of carbonyl (C=O) groups excluding carboxylic acids is 1. The van der Waals surface area contributed by atoms with Crippen LogP contribution < -0.4 is 0 Å². The maximum Gasteiger partial charge on any atom is 0.323 e. The molecule has 22 heavy (non-hydrogen) atoms. The van der Waals surface area contributed by atoms with E-state index in [-0.39, 0.29) is 6.54 Å². The number of aliphatic hydroxyl groups excluding tert-OH is 1. The molecule has 2 rings (SSSR count). The van der Waals surface area contributed by atoms with Crippen LogP contribution in [0, 0.1) is 0 Å². The molecule has 0 spiro atoms. The minimum absolute atomic E-state index is 0.114. The number of aliphatic hydroxyl groups is 1. The van der Waals surface area contributed by atoms with E-state index in [1.165, 1.54) is 12.4 Å². The summed E-state index contributed by atoms with van der Waals surface area (Å²) >= 11 is 0. The highest BCUT2D eigenvalue weighted by molar-refractivity contribution is 5.85. The van der Waals surface area contributed by atoms with Crippen molar-refractivity contribution in [2.75, 3.05) is 6.54 Å². The Morgan fingerprint density at radius 3 is 2.45 bits per heavy atom. The first-order chi connectivity index (χ1) is 10.6. The summed E-state index contributed by atoms with van der Waals surface area (Å²) in [5, 5.41) is 19.1. The van der Waals surface area contributed by atoms with Gasteiger partial charge in [0.2, 0.25) is 0 Å². The van der Waals surface area contributed by atoms with E-state index in [9.17, 15) is 14.7 Å². The Bertz CT molecular complexity index is 631. The van der Waals surface area contributed by atoms with Gasteiger partial charge in [-0.25, -0.2) is 0 Å². The third-order valence-electron chi connectivity index (χ3n) is 3.09. The van der Waals surface area contributed by atoms with Crippen LogP contribution in [-0.4, -0.2) is 38.5 Å². The van der Waals surface area contributed by atoms with Gasteiger partial charge in [-0.05, 0) is 11.6 Å². The van der Waals surface area contributed by atoms with Gasteiger partial charge in [0.15, 0.2) is 6.10 Å². The largest absolute Gasteiger partial charge is 0.480 e. The van der Waals surface area contributed by atoms with Crippen molar-refractivity contribution in [2.24, 2.45) is 0 Å². The molecule has 1 aromatic carbocycles. The fourth-order valence-electron chi connectivity index (χ4n) is 2.03. The lowest BCUT2D eigenvalue weighted by Gasteiger charge is -2.23. The summed E-state index contributed by atoms with van der Waals surface area (Å²) in [5.41, 5.74) is 1.12.